The van der Waals surface area contributed by atoms with Gasteiger partial charge in [-0.25, -0.2) is 0 Å². The molecule has 0 aromatic rings. The van der Waals surface area contributed by atoms with Gasteiger partial charge in [-0.2, -0.15) is 0 Å². The van der Waals surface area contributed by atoms with Gasteiger partial charge in [0.2, 0.25) is 0 Å². The third-order valence-corrected chi connectivity index (χ3v) is 9.84. The molecular weight excluding hydrogens is 518 g/mol. The van der Waals surface area contributed by atoms with E-state index in [1.807, 2.05) is 0 Å². The van der Waals surface area contributed by atoms with Crippen molar-refractivity contribution >= 4 is 0 Å². The van der Waals surface area contributed by atoms with E-state index < -0.39 is 0 Å². The number of unbranched alkanes of at least 4 members (excludes halogenated alkanes) is 33. The SMILES string of the molecule is CCCCCCCCCCCCCCCCCCCCCCNCCCCCCCCCCCCCCCCCC(C)C. The van der Waals surface area contributed by atoms with Gasteiger partial charge in [0, 0.05) is 0 Å². The lowest BCUT2D eigenvalue weighted by molar-refractivity contribution is 0.501. The average molecular weight is 606 g/mol. The lowest BCUT2D eigenvalue weighted by Gasteiger charge is -2.06. The molecule has 0 fully saturated rings. The van der Waals surface area contributed by atoms with Crippen LogP contribution in [0.1, 0.15) is 252 Å². The van der Waals surface area contributed by atoms with Crippen molar-refractivity contribution in [3.05, 3.63) is 0 Å². The molecule has 0 rings (SSSR count). The van der Waals surface area contributed by atoms with Crippen LogP contribution in [0.25, 0.3) is 0 Å². The summed E-state index contributed by atoms with van der Waals surface area (Å²) in [6, 6.07) is 0. The largest absolute Gasteiger partial charge is 0.317 e. The summed E-state index contributed by atoms with van der Waals surface area (Å²) in [5.74, 6) is 0.893. The Bertz CT molecular complexity index is 458. The van der Waals surface area contributed by atoms with Gasteiger partial charge in [0.25, 0.3) is 0 Å². The van der Waals surface area contributed by atoms with Crippen LogP contribution in [0, 0.1) is 5.92 Å². The van der Waals surface area contributed by atoms with E-state index in [-0.39, 0.29) is 0 Å². The van der Waals surface area contributed by atoms with Crippen LogP contribution < -0.4 is 5.32 Å². The van der Waals surface area contributed by atoms with Crippen LogP contribution >= 0.6 is 0 Å². The number of rotatable bonds is 39. The Morgan fingerprint density at radius 3 is 0.721 bits per heavy atom. The van der Waals surface area contributed by atoms with E-state index in [1.54, 1.807) is 0 Å². The summed E-state index contributed by atoms with van der Waals surface area (Å²) >= 11 is 0. The fourth-order valence-electron chi connectivity index (χ4n) is 6.73. The molecule has 0 spiro atoms. The van der Waals surface area contributed by atoms with E-state index in [0.29, 0.717) is 0 Å². The van der Waals surface area contributed by atoms with Crippen molar-refractivity contribution in [2.45, 2.75) is 252 Å². The zero-order chi connectivity index (χ0) is 31.2. The van der Waals surface area contributed by atoms with Crippen LogP contribution in [-0.4, -0.2) is 13.1 Å². The zero-order valence-electron chi connectivity index (χ0n) is 30.9. The van der Waals surface area contributed by atoms with Gasteiger partial charge < -0.3 is 5.32 Å². The standard InChI is InChI=1S/C42H87N/c1-4-5-6-7-8-9-10-11-12-13-14-15-16-19-22-25-28-31-34-37-40-43-41-38-35-32-29-26-23-20-17-18-21-24-27-30-33-36-39-42(2)3/h42-43H,4-41H2,1-3H3. The van der Waals surface area contributed by atoms with E-state index >= 15 is 0 Å². The van der Waals surface area contributed by atoms with Crippen molar-refractivity contribution in [3.8, 4) is 0 Å². The zero-order valence-corrected chi connectivity index (χ0v) is 30.9. The van der Waals surface area contributed by atoms with Crippen molar-refractivity contribution in [1.29, 1.82) is 0 Å². The molecule has 260 valence electrons. The van der Waals surface area contributed by atoms with Crippen LogP contribution in [0.4, 0.5) is 0 Å². The maximum Gasteiger partial charge on any atom is -0.00489 e. The maximum atomic E-state index is 3.70. The molecule has 0 amide bonds. The molecular formula is C42H87N. The Morgan fingerprint density at radius 2 is 0.488 bits per heavy atom. The van der Waals surface area contributed by atoms with Crippen molar-refractivity contribution < 1.29 is 0 Å². The lowest BCUT2D eigenvalue weighted by atomic mass is 10.0. The Hall–Kier alpha value is -0.0400. The van der Waals surface area contributed by atoms with E-state index in [4.69, 9.17) is 0 Å². The van der Waals surface area contributed by atoms with Crippen molar-refractivity contribution in [2.75, 3.05) is 13.1 Å². The molecule has 1 N–H and O–H groups in total. The van der Waals surface area contributed by atoms with E-state index in [2.05, 4.69) is 26.1 Å². The highest BCUT2D eigenvalue weighted by Gasteiger charge is 1.98. The normalized spacial score (nSPS) is 11.7. The van der Waals surface area contributed by atoms with Crippen LogP contribution in [0.5, 0.6) is 0 Å². The molecule has 0 atom stereocenters. The molecule has 0 aliphatic carbocycles. The van der Waals surface area contributed by atoms with E-state index in [0.717, 1.165) is 5.92 Å². The summed E-state index contributed by atoms with van der Waals surface area (Å²) in [4.78, 5) is 0. The third-order valence-electron chi connectivity index (χ3n) is 9.84. The van der Waals surface area contributed by atoms with Crippen molar-refractivity contribution in [2.24, 2.45) is 5.92 Å². The third kappa shape index (κ3) is 42.0. The predicted octanol–water partition coefficient (Wildman–Crippen LogP) is 15.3. The number of hydrogen-bond donors (Lipinski definition) is 1. The van der Waals surface area contributed by atoms with Gasteiger partial charge in [0.15, 0.2) is 0 Å². The molecule has 0 aromatic heterocycles. The second kappa shape index (κ2) is 40.0. The van der Waals surface area contributed by atoms with Crippen LogP contribution in [0.3, 0.4) is 0 Å². The van der Waals surface area contributed by atoms with Crippen molar-refractivity contribution in [1.82, 2.24) is 5.32 Å². The van der Waals surface area contributed by atoms with Gasteiger partial charge in [-0.05, 0) is 31.8 Å². The Kier molecular flexibility index (Phi) is 39.9. The van der Waals surface area contributed by atoms with Crippen LogP contribution in [0.2, 0.25) is 0 Å². The predicted molar refractivity (Wildman–Crippen MR) is 200 cm³/mol. The minimum absolute atomic E-state index is 0.893. The highest BCUT2D eigenvalue weighted by atomic mass is 14.8. The molecule has 0 saturated carbocycles. The van der Waals surface area contributed by atoms with Crippen molar-refractivity contribution in [3.63, 3.8) is 0 Å². The fourth-order valence-corrected chi connectivity index (χ4v) is 6.73. The Morgan fingerprint density at radius 1 is 0.279 bits per heavy atom. The van der Waals surface area contributed by atoms with Gasteiger partial charge in [-0.15, -0.1) is 0 Å². The van der Waals surface area contributed by atoms with E-state index in [9.17, 15) is 0 Å². The summed E-state index contributed by atoms with van der Waals surface area (Å²) in [5, 5.41) is 3.70. The first-order valence-corrected chi connectivity index (χ1v) is 21.0. The summed E-state index contributed by atoms with van der Waals surface area (Å²) in [5.41, 5.74) is 0. The first-order valence-electron chi connectivity index (χ1n) is 21.0. The average Bonchev–Trinajstić information content (AvgIpc) is 3.00. The van der Waals surface area contributed by atoms with Gasteiger partial charge >= 0.3 is 0 Å². The van der Waals surface area contributed by atoms with Crippen LogP contribution in [0.15, 0.2) is 0 Å². The molecule has 0 aliphatic heterocycles. The molecule has 0 aliphatic rings. The van der Waals surface area contributed by atoms with E-state index in [1.165, 1.54) is 244 Å². The Labute approximate surface area is 275 Å². The first-order chi connectivity index (χ1) is 21.3. The topological polar surface area (TPSA) is 12.0 Å². The van der Waals surface area contributed by atoms with Gasteiger partial charge in [0.1, 0.15) is 0 Å². The van der Waals surface area contributed by atoms with Crippen LogP contribution in [-0.2, 0) is 0 Å². The quantitative estimate of drug-likeness (QED) is 0.0687. The minimum atomic E-state index is 0.893. The lowest BCUT2D eigenvalue weighted by Crippen LogP contribution is -2.16. The highest BCUT2D eigenvalue weighted by molar-refractivity contribution is 4.55. The Balaban J connectivity index is 3.03. The molecule has 0 radical (unpaired) electrons. The summed E-state index contributed by atoms with van der Waals surface area (Å²) in [7, 11) is 0. The summed E-state index contributed by atoms with van der Waals surface area (Å²) in [6.45, 7) is 9.50. The molecule has 0 unspecified atom stereocenters. The summed E-state index contributed by atoms with van der Waals surface area (Å²) in [6.07, 6.45) is 52.7. The first kappa shape index (κ1) is 43.0. The molecule has 1 nitrogen and oxygen atoms in total. The smallest absolute Gasteiger partial charge is 0.00489 e. The molecule has 1 heteroatoms. The molecule has 43 heavy (non-hydrogen) atoms. The van der Waals surface area contributed by atoms with Gasteiger partial charge in [-0.1, -0.05) is 239 Å². The van der Waals surface area contributed by atoms with Gasteiger partial charge in [-0.3, -0.25) is 0 Å². The summed E-state index contributed by atoms with van der Waals surface area (Å²) < 4.78 is 0. The minimum Gasteiger partial charge on any atom is -0.317 e. The second-order valence-corrected chi connectivity index (χ2v) is 15.0. The van der Waals surface area contributed by atoms with Gasteiger partial charge in [0.05, 0.1) is 0 Å². The highest BCUT2D eigenvalue weighted by Crippen LogP contribution is 2.16. The molecule has 0 saturated heterocycles. The molecule has 0 bridgehead atoms. The second-order valence-electron chi connectivity index (χ2n) is 15.0. The number of hydrogen-bond acceptors (Lipinski definition) is 1. The maximum absolute atomic E-state index is 3.70. The fraction of sp³-hybridized carbons (Fsp3) is 1.00. The number of nitrogens with one attached hydrogen (secondary N) is 1. The molecule has 0 aromatic carbocycles. The molecule has 0 heterocycles. The monoisotopic (exact) mass is 606 g/mol.